The Morgan fingerprint density at radius 3 is 2.78 bits per heavy atom. The number of hydrogen-bond donors (Lipinski definition) is 0. The van der Waals surface area contributed by atoms with Gasteiger partial charge in [0.15, 0.2) is 0 Å². The van der Waals surface area contributed by atoms with E-state index in [1.165, 1.54) is 0 Å². The molecule has 0 radical (unpaired) electrons. The third-order valence-corrected chi connectivity index (χ3v) is 1.74. The highest BCUT2D eigenvalue weighted by Gasteiger charge is 2.24. The van der Waals surface area contributed by atoms with E-state index in [1.54, 1.807) is 11.1 Å². The molecule has 0 spiro atoms. The zero-order chi connectivity index (χ0) is 6.85. The van der Waals surface area contributed by atoms with Crippen LogP contribution in [0.25, 0.3) is 0 Å². The van der Waals surface area contributed by atoms with Crippen LogP contribution < -0.4 is 0 Å². The minimum Gasteiger partial charge on any atom is -0.317 e. The molecule has 1 fully saturated rings. The molecule has 0 N–H and O–H groups in total. The van der Waals surface area contributed by atoms with Crippen molar-refractivity contribution in [1.82, 2.24) is 4.90 Å². The van der Waals surface area contributed by atoms with Gasteiger partial charge in [-0.3, -0.25) is 4.79 Å². The van der Waals surface area contributed by atoms with Gasteiger partial charge in [-0.2, -0.15) is 0 Å². The standard InChI is InChI=1S/C7H11NO/c1-3-8-6(2)4-5-7(8)9/h3,6H,1,4-5H2,2H3. The van der Waals surface area contributed by atoms with Crippen LogP contribution in [0.3, 0.4) is 0 Å². The van der Waals surface area contributed by atoms with Gasteiger partial charge in [-0.1, -0.05) is 6.58 Å². The molecule has 1 atom stereocenters. The van der Waals surface area contributed by atoms with Crippen LogP contribution in [0.4, 0.5) is 0 Å². The monoisotopic (exact) mass is 125 g/mol. The van der Waals surface area contributed by atoms with Crippen LogP contribution in [0.5, 0.6) is 0 Å². The highest BCUT2D eigenvalue weighted by molar-refractivity contribution is 5.79. The number of rotatable bonds is 1. The molecule has 1 amide bonds. The van der Waals surface area contributed by atoms with Gasteiger partial charge in [0.25, 0.3) is 0 Å². The Labute approximate surface area is 55.2 Å². The molecule has 1 rings (SSSR count). The molecule has 0 aromatic heterocycles. The first-order chi connectivity index (χ1) is 4.25. The van der Waals surface area contributed by atoms with Gasteiger partial charge in [0.05, 0.1) is 0 Å². The molecule has 0 aromatic carbocycles. The molecule has 1 saturated heterocycles. The van der Waals surface area contributed by atoms with Crippen LogP contribution in [-0.4, -0.2) is 16.8 Å². The summed E-state index contributed by atoms with van der Waals surface area (Å²) in [6.45, 7) is 5.58. The molecule has 50 valence electrons. The van der Waals surface area contributed by atoms with Crippen molar-refractivity contribution in [2.45, 2.75) is 25.8 Å². The highest BCUT2D eigenvalue weighted by Crippen LogP contribution is 2.17. The molecule has 0 saturated carbocycles. The summed E-state index contributed by atoms with van der Waals surface area (Å²) in [5.41, 5.74) is 0. The molecule has 0 aliphatic carbocycles. The molecule has 1 heterocycles. The molecule has 2 heteroatoms. The number of likely N-dealkylation sites (tertiary alicyclic amines) is 1. The summed E-state index contributed by atoms with van der Waals surface area (Å²) in [5.74, 6) is 0.206. The smallest absolute Gasteiger partial charge is 0.226 e. The van der Waals surface area contributed by atoms with Crippen molar-refractivity contribution in [2.75, 3.05) is 0 Å². The first kappa shape index (κ1) is 6.33. The molecule has 1 unspecified atom stereocenters. The summed E-state index contributed by atoms with van der Waals surface area (Å²) < 4.78 is 0. The van der Waals surface area contributed by atoms with Crippen molar-refractivity contribution in [3.05, 3.63) is 12.8 Å². The van der Waals surface area contributed by atoms with Gasteiger partial charge in [0, 0.05) is 12.5 Å². The van der Waals surface area contributed by atoms with Gasteiger partial charge in [-0.15, -0.1) is 0 Å². The molecular formula is C7H11NO. The largest absolute Gasteiger partial charge is 0.317 e. The number of amides is 1. The van der Waals surface area contributed by atoms with E-state index in [2.05, 4.69) is 6.58 Å². The fourth-order valence-electron chi connectivity index (χ4n) is 1.13. The summed E-state index contributed by atoms with van der Waals surface area (Å²) in [7, 11) is 0. The maximum absolute atomic E-state index is 10.9. The van der Waals surface area contributed by atoms with Gasteiger partial charge in [0.2, 0.25) is 5.91 Å². The Hall–Kier alpha value is -0.790. The zero-order valence-corrected chi connectivity index (χ0v) is 5.63. The average Bonchev–Trinajstić information content (AvgIpc) is 2.12. The maximum atomic E-state index is 10.9. The van der Waals surface area contributed by atoms with Crippen LogP contribution in [0.1, 0.15) is 19.8 Å². The number of carbonyl (C=O) groups is 1. The van der Waals surface area contributed by atoms with Crippen molar-refractivity contribution in [3.8, 4) is 0 Å². The minimum atomic E-state index is 0.206. The van der Waals surface area contributed by atoms with E-state index in [0.717, 1.165) is 6.42 Å². The second-order valence-electron chi connectivity index (χ2n) is 2.37. The third-order valence-electron chi connectivity index (χ3n) is 1.74. The van der Waals surface area contributed by atoms with Gasteiger partial charge in [-0.05, 0) is 19.5 Å². The zero-order valence-electron chi connectivity index (χ0n) is 5.63. The number of carbonyl (C=O) groups excluding carboxylic acids is 1. The summed E-state index contributed by atoms with van der Waals surface area (Å²) >= 11 is 0. The molecular weight excluding hydrogens is 114 g/mol. The molecule has 0 aromatic rings. The SMILES string of the molecule is C=CN1C(=O)CCC1C. The van der Waals surface area contributed by atoms with Crippen LogP contribution in [0, 0.1) is 0 Å². The van der Waals surface area contributed by atoms with Gasteiger partial charge < -0.3 is 4.90 Å². The fraction of sp³-hybridized carbons (Fsp3) is 0.571. The van der Waals surface area contributed by atoms with Gasteiger partial charge in [-0.25, -0.2) is 0 Å². The topological polar surface area (TPSA) is 20.3 Å². The Morgan fingerprint density at radius 2 is 2.56 bits per heavy atom. The quantitative estimate of drug-likeness (QED) is 0.514. The minimum absolute atomic E-state index is 0.206. The van der Waals surface area contributed by atoms with E-state index < -0.39 is 0 Å². The molecule has 1 aliphatic heterocycles. The maximum Gasteiger partial charge on any atom is 0.226 e. The Kier molecular flexibility index (Phi) is 1.56. The Balaban J connectivity index is 2.65. The normalized spacial score (nSPS) is 27.0. The first-order valence-electron chi connectivity index (χ1n) is 3.19. The van der Waals surface area contributed by atoms with E-state index in [-0.39, 0.29) is 5.91 Å². The van der Waals surface area contributed by atoms with E-state index in [4.69, 9.17) is 0 Å². The van der Waals surface area contributed by atoms with Crippen LogP contribution >= 0.6 is 0 Å². The molecule has 9 heavy (non-hydrogen) atoms. The summed E-state index contributed by atoms with van der Waals surface area (Å²) in [6.07, 6.45) is 3.28. The Morgan fingerprint density at radius 1 is 1.89 bits per heavy atom. The lowest BCUT2D eigenvalue weighted by atomic mass is 10.2. The van der Waals surface area contributed by atoms with E-state index >= 15 is 0 Å². The lowest BCUT2D eigenvalue weighted by Crippen LogP contribution is -2.24. The third kappa shape index (κ3) is 0.969. The summed E-state index contributed by atoms with van der Waals surface area (Å²) in [4.78, 5) is 12.6. The van der Waals surface area contributed by atoms with Crippen molar-refractivity contribution in [3.63, 3.8) is 0 Å². The van der Waals surface area contributed by atoms with Gasteiger partial charge in [0.1, 0.15) is 0 Å². The van der Waals surface area contributed by atoms with Crippen LogP contribution in [-0.2, 0) is 4.79 Å². The second-order valence-corrected chi connectivity index (χ2v) is 2.37. The second kappa shape index (κ2) is 2.21. The summed E-state index contributed by atoms with van der Waals surface area (Å²) in [6, 6.07) is 0.370. The fourth-order valence-corrected chi connectivity index (χ4v) is 1.13. The van der Waals surface area contributed by atoms with Crippen LogP contribution in [0.2, 0.25) is 0 Å². The predicted molar refractivity (Wildman–Crippen MR) is 35.7 cm³/mol. The Bertz CT molecular complexity index is 142. The predicted octanol–water partition coefficient (Wildman–Crippen LogP) is 1.14. The summed E-state index contributed by atoms with van der Waals surface area (Å²) in [5, 5.41) is 0. The first-order valence-corrected chi connectivity index (χ1v) is 3.19. The van der Waals surface area contributed by atoms with Crippen molar-refractivity contribution in [2.24, 2.45) is 0 Å². The van der Waals surface area contributed by atoms with Crippen LogP contribution in [0.15, 0.2) is 12.8 Å². The van der Waals surface area contributed by atoms with E-state index in [0.29, 0.717) is 12.5 Å². The highest BCUT2D eigenvalue weighted by atomic mass is 16.2. The van der Waals surface area contributed by atoms with Gasteiger partial charge >= 0.3 is 0 Å². The van der Waals surface area contributed by atoms with Crippen molar-refractivity contribution < 1.29 is 4.79 Å². The number of nitrogens with zero attached hydrogens (tertiary/aromatic N) is 1. The number of hydrogen-bond acceptors (Lipinski definition) is 1. The van der Waals surface area contributed by atoms with Crippen molar-refractivity contribution in [1.29, 1.82) is 0 Å². The molecule has 2 nitrogen and oxygen atoms in total. The molecule has 1 aliphatic rings. The average molecular weight is 125 g/mol. The molecule has 0 bridgehead atoms. The lowest BCUT2D eigenvalue weighted by molar-refractivity contribution is -0.126. The van der Waals surface area contributed by atoms with Crippen molar-refractivity contribution >= 4 is 5.91 Å². The van der Waals surface area contributed by atoms with E-state index in [9.17, 15) is 4.79 Å². The van der Waals surface area contributed by atoms with E-state index in [1.807, 2.05) is 6.92 Å². The lowest BCUT2D eigenvalue weighted by Gasteiger charge is -2.14.